The van der Waals surface area contributed by atoms with Gasteiger partial charge in [-0.3, -0.25) is 4.79 Å². The molecule has 0 radical (unpaired) electrons. The number of hydrogen-bond acceptors (Lipinski definition) is 3. The third-order valence-corrected chi connectivity index (χ3v) is 4.36. The van der Waals surface area contributed by atoms with Crippen LogP contribution >= 0.6 is 24.8 Å². The highest BCUT2D eigenvalue weighted by atomic mass is 35.5. The lowest BCUT2D eigenvalue weighted by molar-refractivity contribution is -0.136. The molecule has 6 heteroatoms. The molecule has 1 amide bonds. The molecule has 3 rings (SSSR count). The van der Waals surface area contributed by atoms with Gasteiger partial charge in [0.2, 0.25) is 5.91 Å². The molecule has 2 aliphatic rings. The maximum absolute atomic E-state index is 12.5. The smallest absolute Gasteiger partial charge is 0.227 e. The average Bonchev–Trinajstić information content (AvgIpc) is 2.56. The maximum atomic E-state index is 12.5. The molecule has 2 heterocycles. The van der Waals surface area contributed by atoms with Gasteiger partial charge in [0.05, 0.1) is 5.92 Å². The van der Waals surface area contributed by atoms with Gasteiger partial charge >= 0.3 is 0 Å². The van der Waals surface area contributed by atoms with E-state index in [0.29, 0.717) is 5.91 Å². The van der Waals surface area contributed by atoms with Gasteiger partial charge < -0.3 is 15.1 Å². The van der Waals surface area contributed by atoms with Gasteiger partial charge in [-0.2, -0.15) is 0 Å². The molecule has 1 N–H and O–H groups in total. The molecule has 1 atom stereocenters. The van der Waals surface area contributed by atoms with Crippen LogP contribution in [0.2, 0.25) is 0 Å². The monoisotopic (exact) mass is 345 g/mol. The molecule has 1 aromatic rings. The molecule has 0 spiro atoms. The number of piperazine rings is 1. The first kappa shape index (κ1) is 19.1. The van der Waals surface area contributed by atoms with Crippen LogP contribution in [-0.2, 0) is 4.79 Å². The first-order valence-corrected chi connectivity index (χ1v) is 7.64. The Hall–Kier alpha value is -0.970. The zero-order valence-electron chi connectivity index (χ0n) is 12.7. The Balaban J connectivity index is 0.00000121. The summed E-state index contributed by atoms with van der Waals surface area (Å²) in [6, 6.07) is 10.5. The molecule has 4 nitrogen and oxygen atoms in total. The van der Waals surface area contributed by atoms with Crippen molar-refractivity contribution in [2.75, 3.05) is 44.2 Å². The zero-order chi connectivity index (χ0) is 13.8. The van der Waals surface area contributed by atoms with Crippen molar-refractivity contribution in [2.45, 2.75) is 12.8 Å². The Morgan fingerprint density at radius 3 is 2.32 bits per heavy atom. The minimum atomic E-state index is 0. The van der Waals surface area contributed by atoms with Crippen molar-refractivity contribution < 1.29 is 4.79 Å². The first-order valence-electron chi connectivity index (χ1n) is 7.64. The van der Waals surface area contributed by atoms with Crippen LogP contribution in [0, 0.1) is 5.92 Å². The van der Waals surface area contributed by atoms with Crippen LogP contribution < -0.4 is 10.2 Å². The van der Waals surface area contributed by atoms with Gasteiger partial charge in [0, 0.05) is 38.4 Å². The summed E-state index contributed by atoms with van der Waals surface area (Å²) in [5, 5.41) is 3.33. The van der Waals surface area contributed by atoms with Crippen LogP contribution in [0.1, 0.15) is 12.8 Å². The Morgan fingerprint density at radius 2 is 1.73 bits per heavy atom. The highest BCUT2D eigenvalue weighted by Gasteiger charge is 2.28. The second-order valence-electron chi connectivity index (χ2n) is 5.69. The third-order valence-electron chi connectivity index (χ3n) is 4.36. The zero-order valence-corrected chi connectivity index (χ0v) is 14.4. The van der Waals surface area contributed by atoms with Gasteiger partial charge in [-0.1, -0.05) is 18.2 Å². The number of benzene rings is 1. The number of para-hydroxylation sites is 1. The molecule has 1 aromatic carbocycles. The maximum Gasteiger partial charge on any atom is 0.227 e. The van der Waals surface area contributed by atoms with Gasteiger partial charge in [0.1, 0.15) is 0 Å². The second-order valence-corrected chi connectivity index (χ2v) is 5.69. The minimum Gasteiger partial charge on any atom is -0.368 e. The lowest BCUT2D eigenvalue weighted by Crippen LogP contribution is -2.52. The van der Waals surface area contributed by atoms with Crippen molar-refractivity contribution in [1.82, 2.24) is 10.2 Å². The predicted octanol–water partition coefficient (Wildman–Crippen LogP) is 2.18. The van der Waals surface area contributed by atoms with E-state index < -0.39 is 0 Å². The van der Waals surface area contributed by atoms with E-state index in [4.69, 9.17) is 0 Å². The van der Waals surface area contributed by atoms with Gasteiger partial charge in [0.25, 0.3) is 0 Å². The van der Waals surface area contributed by atoms with Crippen molar-refractivity contribution in [2.24, 2.45) is 5.92 Å². The summed E-state index contributed by atoms with van der Waals surface area (Å²) in [7, 11) is 0. The average molecular weight is 346 g/mol. The van der Waals surface area contributed by atoms with Crippen LogP contribution in [-0.4, -0.2) is 50.1 Å². The number of carbonyl (C=O) groups is 1. The summed E-state index contributed by atoms with van der Waals surface area (Å²) < 4.78 is 0. The van der Waals surface area contributed by atoms with E-state index in [2.05, 4.69) is 39.4 Å². The topological polar surface area (TPSA) is 35.6 Å². The molecule has 1 unspecified atom stereocenters. The van der Waals surface area contributed by atoms with Gasteiger partial charge in [-0.15, -0.1) is 24.8 Å². The van der Waals surface area contributed by atoms with Crippen LogP contribution in [0.15, 0.2) is 30.3 Å². The van der Waals surface area contributed by atoms with Gasteiger partial charge in [-0.25, -0.2) is 0 Å². The molecule has 2 fully saturated rings. The fourth-order valence-corrected chi connectivity index (χ4v) is 3.14. The molecular weight excluding hydrogens is 321 g/mol. The quantitative estimate of drug-likeness (QED) is 0.892. The molecule has 0 aromatic heterocycles. The van der Waals surface area contributed by atoms with Crippen LogP contribution in [0.4, 0.5) is 5.69 Å². The van der Waals surface area contributed by atoms with E-state index in [1.54, 1.807) is 0 Å². The predicted molar refractivity (Wildman–Crippen MR) is 95.3 cm³/mol. The number of nitrogens with zero attached hydrogens (tertiary/aromatic N) is 2. The van der Waals surface area contributed by atoms with Crippen LogP contribution in [0.3, 0.4) is 0 Å². The van der Waals surface area contributed by atoms with Crippen molar-refractivity contribution in [3.8, 4) is 0 Å². The van der Waals surface area contributed by atoms with E-state index in [9.17, 15) is 4.79 Å². The van der Waals surface area contributed by atoms with Crippen molar-refractivity contribution in [3.05, 3.63) is 30.3 Å². The largest absolute Gasteiger partial charge is 0.368 e. The normalized spacial score (nSPS) is 21.5. The minimum absolute atomic E-state index is 0. The van der Waals surface area contributed by atoms with Gasteiger partial charge in [-0.05, 0) is 31.5 Å². The number of anilines is 1. The molecule has 0 saturated carbocycles. The van der Waals surface area contributed by atoms with E-state index in [1.807, 2.05) is 6.07 Å². The lowest BCUT2D eigenvalue weighted by atomic mass is 9.98. The molecule has 2 saturated heterocycles. The standard InChI is InChI=1S/C16H23N3O.2ClH/c20-16(14-5-4-8-17-13-14)19-11-9-18(10-12-19)15-6-2-1-3-7-15;;/h1-3,6-7,14,17H,4-5,8-13H2;2*1H. The Labute approximate surface area is 145 Å². The number of hydrogen-bond donors (Lipinski definition) is 1. The summed E-state index contributed by atoms with van der Waals surface area (Å²) in [6.45, 7) is 5.50. The first-order chi connectivity index (χ1) is 9.84. The van der Waals surface area contributed by atoms with Gasteiger partial charge in [0.15, 0.2) is 0 Å². The highest BCUT2D eigenvalue weighted by Crippen LogP contribution is 2.18. The molecule has 22 heavy (non-hydrogen) atoms. The van der Waals surface area contributed by atoms with E-state index in [1.165, 1.54) is 5.69 Å². The molecule has 0 bridgehead atoms. The molecule has 124 valence electrons. The van der Waals surface area contributed by atoms with Crippen LogP contribution in [0.5, 0.6) is 0 Å². The molecular formula is C16H25Cl2N3O. The molecule has 2 aliphatic heterocycles. The van der Waals surface area contributed by atoms with Crippen molar-refractivity contribution in [1.29, 1.82) is 0 Å². The second kappa shape index (κ2) is 9.23. The number of rotatable bonds is 2. The summed E-state index contributed by atoms with van der Waals surface area (Å²) >= 11 is 0. The summed E-state index contributed by atoms with van der Waals surface area (Å²) in [5.74, 6) is 0.553. The number of nitrogens with one attached hydrogen (secondary N) is 1. The van der Waals surface area contributed by atoms with E-state index >= 15 is 0 Å². The third kappa shape index (κ3) is 4.51. The lowest BCUT2D eigenvalue weighted by Gasteiger charge is -2.38. The Bertz CT molecular complexity index is 444. The Kier molecular flexibility index (Phi) is 8.01. The van der Waals surface area contributed by atoms with Crippen LogP contribution in [0.25, 0.3) is 0 Å². The fourth-order valence-electron chi connectivity index (χ4n) is 3.14. The summed E-state index contributed by atoms with van der Waals surface area (Å²) in [6.07, 6.45) is 2.17. The number of carbonyl (C=O) groups excluding carboxylic acids is 1. The van der Waals surface area contributed by atoms with E-state index in [0.717, 1.165) is 52.1 Å². The summed E-state index contributed by atoms with van der Waals surface area (Å²) in [4.78, 5) is 16.9. The highest BCUT2D eigenvalue weighted by molar-refractivity contribution is 5.85. The SMILES string of the molecule is Cl.Cl.O=C(C1CCCNC1)N1CCN(c2ccccc2)CC1. The fraction of sp³-hybridized carbons (Fsp3) is 0.562. The number of piperidine rings is 1. The Morgan fingerprint density at radius 1 is 1.05 bits per heavy atom. The van der Waals surface area contributed by atoms with Crippen molar-refractivity contribution >= 4 is 36.4 Å². The number of amides is 1. The molecule has 0 aliphatic carbocycles. The number of halogens is 2. The summed E-state index contributed by atoms with van der Waals surface area (Å²) in [5.41, 5.74) is 1.26. The van der Waals surface area contributed by atoms with Crippen molar-refractivity contribution in [3.63, 3.8) is 0 Å². The van der Waals surface area contributed by atoms with E-state index in [-0.39, 0.29) is 30.7 Å².